The third-order valence-corrected chi connectivity index (χ3v) is 5.77. The number of anilines is 1. The molecule has 6 heteroatoms. The van der Waals surface area contributed by atoms with Crippen LogP contribution in [-0.2, 0) is 4.79 Å². The molecular formula is C21H21N5O. The maximum absolute atomic E-state index is 11.1. The Hall–Kier alpha value is -3.15. The summed E-state index contributed by atoms with van der Waals surface area (Å²) in [5.74, 6) is 2.03. The Labute approximate surface area is 156 Å². The van der Waals surface area contributed by atoms with E-state index in [0.717, 1.165) is 65.5 Å². The molecule has 27 heavy (non-hydrogen) atoms. The molecule has 5 rings (SSSR count). The maximum atomic E-state index is 11.1. The summed E-state index contributed by atoms with van der Waals surface area (Å²) in [6.07, 6.45) is 10.5. The topological polar surface area (TPSA) is 89.1 Å². The molecule has 0 amide bonds. The van der Waals surface area contributed by atoms with Crippen molar-refractivity contribution in [1.29, 1.82) is 0 Å². The summed E-state index contributed by atoms with van der Waals surface area (Å²) in [6.45, 7) is 0. The van der Waals surface area contributed by atoms with Crippen LogP contribution in [0, 0.1) is 5.92 Å². The fraction of sp³-hybridized carbons (Fsp3) is 0.286. The summed E-state index contributed by atoms with van der Waals surface area (Å²) in [6, 6.07) is 8.33. The van der Waals surface area contributed by atoms with Crippen LogP contribution in [0.5, 0.6) is 0 Å². The molecule has 6 nitrogen and oxygen atoms in total. The van der Waals surface area contributed by atoms with Gasteiger partial charge in [0, 0.05) is 46.9 Å². The molecule has 0 unspecified atom stereocenters. The number of carbonyl (C=O) groups is 1. The number of carbonyl (C=O) groups excluding carboxylic acids is 1. The lowest BCUT2D eigenvalue weighted by Crippen LogP contribution is -2.16. The summed E-state index contributed by atoms with van der Waals surface area (Å²) < 4.78 is 2.09. The van der Waals surface area contributed by atoms with E-state index in [1.165, 1.54) is 0 Å². The van der Waals surface area contributed by atoms with Gasteiger partial charge in [0.15, 0.2) is 0 Å². The van der Waals surface area contributed by atoms with Crippen LogP contribution in [0.4, 0.5) is 5.82 Å². The highest BCUT2D eigenvalue weighted by atomic mass is 16.1. The van der Waals surface area contributed by atoms with Gasteiger partial charge in [-0.3, -0.25) is 4.40 Å². The molecule has 0 saturated heterocycles. The summed E-state index contributed by atoms with van der Waals surface area (Å²) in [7, 11) is 0. The molecule has 3 aromatic heterocycles. The number of hydrogen-bond acceptors (Lipinski definition) is 4. The van der Waals surface area contributed by atoms with E-state index in [0.29, 0.717) is 11.7 Å². The number of nitrogens with two attached hydrogens (primary N) is 1. The zero-order valence-corrected chi connectivity index (χ0v) is 14.9. The Morgan fingerprint density at radius 2 is 2.04 bits per heavy atom. The highest BCUT2D eigenvalue weighted by Crippen LogP contribution is 2.38. The number of aromatic amines is 1. The zero-order valence-electron chi connectivity index (χ0n) is 14.9. The van der Waals surface area contributed by atoms with Crippen molar-refractivity contribution in [3.05, 3.63) is 48.7 Å². The highest BCUT2D eigenvalue weighted by molar-refractivity contribution is 5.91. The molecule has 0 aliphatic heterocycles. The van der Waals surface area contributed by atoms with Crippen molar-refractivity contribution in [2.75, 3.05) is 5.73 Å². The second-order valence-corrected chi connectivity index (χ2v) is 7.38. The Kier molecular flexibility index (Phi) is 3.70. The molecule has 3 N–H and O–H groups in total. The van der Waals surface area contributed by atoms with E-state index in [9.17, 15) is 4.79 Å². The Balaban J connectivity index is 1.65. The number of nitrogens with one attached hydrogen (secondary N) is 1. The molecule has 1 saturated carbocycles. The van der Waals surface area contributed by atoms with Gasteiger partial charge < -0.3 is 15.5 Å². The quantitative estimate of drug-likeness (QED) is 0.542. The molecule has 1 aliphatic carbocycles. The smallest absolute Gasteiger partial charge is 0.150 e. The van der Waals surface area contributed by atoms with E-state index in [4.69, 9.17) is 10.7 Å². The molecular weight excluding hydrogens is 338 g/mol. The first-order chi connectivity index (χ1) is 13.2. The lowest BCUT2D eigenvalue weighted by atomic mass is 9.82. The Morgan fingerprint density at radius 3 is 2.85 bits per heavy atom. The van der Waals surface area contributed by atoms with Gasteiger partial charge in [-0.1, -0.05) is 6.07 Å². The van der Waals surface area contributed by atoms with Gasteiger partial charge in [-0.2, -0.15) is 0 Å². The minimum absolute atomic E-state index is 0.190. The maximum Gasteiger partial charge on any atom is 0.150 e. The number of nitrogens with zero attached hydrogens (tertiary/aromatic N) is 3. The van der Waals surface area contributed by atoms with Crippen molar-refractivity contribution in [2.24, 2.45) is 5.92 Å². The summed E-state index contributed by atoms with van der Waals surface area (Å²) in [4.78, 5) is 23.6. The van der Waals surface area contributed by atoms with Gasteiger partial charge in [-0.05, 0) is 43.9 Å². The van der Waals surface area contributed by atoms with Gasteiger partial charge >= 0.3 is 0 Å². The first-order valence-electron chi connectivity index (χ1n) is 9.40. The van der Waals surface area contributed by atoms with E-state index in [-0.39, 0.29) is 5.92 Å². The van der Waals surface area contributed by atoms with Gasteiger partial charge in [-0.25, -0.2) is 9.97 Å². The summed E-state index contributed by atoms with van der Waals surface area (Å²) >= 11 is 0. The van der Waals surface area contributed by atoms with E-state index in [1.54, 1.807) is 6.20 Å². The number of aldehydes is 1. The van der Waals surface area contributed by atoms with Crippen LogP contribution in [0.15, 0.2) is 42.9 Å². The average Bonchev–Trinajstić information content (AvgIpc) is 3.33. The van der Waals surface area contributed by atoms with Crippen molar-refractivity contribution in [3.63, 3.8) is 0 Å². The predicted octanol–water partition coefficient (Wildman–Crippen LogP) is 3.93. The van der Waals surface area contributed by atoms with E-state index >= 15 is 0 Å². The lowest BCUT2D eigenvalue weighted by molar-refractivity contribution is -0.111. The number of fused-ring (bicyclic) bond motifs is 2. The Bertz CT molecular complexity index is 1130. The van der Waals surface area contributed by atoms with Crippen molar-refractivity contribution < 1.29 is 4.79 Å². The molecule has 4 aromatic rings. The zero-order chi connectivity index (χ0) is 18.4. The number of H-pyrrole nitrogens is 1. The number of hydrogen-bond donors (Lipinski definition) is 2. The molecule has 1 aromatic carbocycles. The highest BCUT2D eigenvalue weighted by Gasteiger charge is 2.27. The summed E-state index contributed by atoms with van der Waals surface area (Å²) in [5, 5.41) is 1.14. The minimum atomic E-state index is 0.190. The lowest BCUT2D eigenvalue weighted by Gasteiger charge is -2.24. The van der Waals surface area contributed by atoms with Gasteiger partial charge in [0.25, 0.3) is 0 Å². The van der Waals surface area contributed by atoms with Gasteiger partial charge in [0.1, 0.15) is 29.1 Å². The fourth-order valence-corrected chi connectivity index (χ4v) is 4.29. The van der Waals surface area contributed by atoms with Crippen LogP contribution < -0.4 is 5.73 Å². The van der Waals surface area contributed by atoms with Crippen LogP contribution in [-0.4, -0.2) is 25.6 Å². The van der Waals surface area contributed by atoms with Crippen molar-refractivity contribution in [2.45, 2.75) is 31.6 Å². The third kappa shape index (κ3) is 2.60. The largest absolute Gasteiger partial charge is 0.382 e. The van der Waals surface area contributed by atoms with E-state index < -0.39 is 0 Å². The normalized spacial score (nSPS) is 20.3. The molecule has 3 heterocycles. The second kappa shape index (κ2) is 6.23. The SMILES string of the molecule is Nc1nccn2c(C3CCC(C=O)CC3)nc(-c3ccc4[nH]ccc4c3)c12. The molecule has 0 bridgehead atoms. The molecule has 1 fully saturated rings. The Morgan fingerprint density at radius 1 is 1.19 bits per heavy atom. The first-order valence-corrected chi connectivity index (χ1v) is 9.40. The van der Waals surface area contributed by atoms with Gasteiger partial charge in [0.2, 0.25) is 0 Å². The number of imidazole rings is 1. The van der Waals surface area contributed by atoms with Crippen molar-refractivity contribution >= 4 is 28.5 Å². The first kappa shape index (κ1) is 16.1. The van der Waals surface area contributed by atoms with E-state index in [2.05, 4.69) is 38.6 Å². The van der Waals surface area contributed by atoms with Crippen LogP contribution in [0.2, 0.25) is 0 Å². The number of nitrogen functional groups attached to an aromatic ring is 1. The number of aromatic nitrogens is 4. The standard InChI is InChI=1S/C21H21N5O/c22-20-19-18(16-5-6-17-15(11-16)7-8-23-17)25-21(26(19)10-9-24-20)14-3-1-13(12-27)2-4-14/h5-14,23H,1-4H2,(H2,22,24). The molecule has 0 radical (unpaired) electrons. The number of rotatable bonds is 3. The summed E-state index contributed by atoms with van der Waals surface area (Å²) in [5.41, 5.74) is 10.1. The van der Waals surface area contributed by atoms with Gasteiger partial charge in [-0.15, -0.1) is 0 Å². The van der Waals surface area contributed by atoms with Crippen molar-refractivity contribution in [1.82, 2.24) is 19.4 Å². The predicted molar refractivity (Wildman–Crippen MR) is 105 cm³/mol. The molecule has 0 atom stereocenters. The fourth-order valence-electron chi connectivity index (χ4n) is 4.29. The van der Waals surface area contributed by atoms with Crippen LogP contribution in [0.3, 0.4) is 0 Å². The van der Waals surface area contributed by atoms with Crippen molar-refractivity contribution in [3.8, 4) is 11.3 Å². The average molecular weight is 359 g/mol. The van der Waals surface area contributed by atoms with Crippen LogP contribution >= 0.6 is 0 Å². The van der Waals surface area contributed by atoms with Crippen LogP contribution in [0.1, 0.15) is 37.4 Å². The minimum Gasteiger partial charge on any atom is -0.382 e. The molecule has 1 aliphatic rings. The molecule has 136 valence electrons. The van der Waals surface area contributed by atoms with Crippen LogP contribution in [0.25, 0.3) is 27.7 Å². The second-order valence-electron chi connectivity index (χ2n) is 7.38. The number of benzene rings is 1. The monoisotopic (exact) mass is 359 g/mol. The van der Waals surface area contributed by atoms with Gasteiger partial charge in [0.05, 0.1) is 0 Å². The molecule has 0 spiro atoms. The third-order valence-electron chi connectivity index (χ3n) is 5.77. The van der Waals surface area contributed by atoms with E-state index in [1.807, 2.05) is 12.4 Å².